The van der Waals surface area contributed by atoms with E-state index in [1.807, 2.05) is 36.4 Å². The molecule has 1 aliphatic rings. The number of rotatable bonds is 7. The van der Waals surface area contributed by atoms with Gasteiger partial charge in [-0.3, -0.25) is 10.1 Å². The van der Waals surface area contributed by atoms with Crippen LogP contribution in [0.2, 0.25) is 0 Å². The van der Waals surface area contributed by atoms with E-state index in [0.717, 1.165) is 33.6 Å². The van der Waals surface area contributed by atoms with Crippen molar-refractivity contribution in [3.05, 3.63) is 70.2 Å². The fraction of sp³-hybridized carbons (Fsp3) is 0.308. The highest BCUT2D eigenvalue weighted by Crippen LogP contribution is 2.44. The van der Waals surface area contributed by atoms with Crippen LogP contribution in [0.3, 0.4) is 0 Å². The van der Waals surface area contributed by atoms with Gasteiger partial charge in [0, 0.05) is 12.5 Å². The van der Waals surface area contributed by atoms with E-state index in [-0.39, 0.29) is 29.1 Å². The number of aliphatic carboxylic acids is 1. The molecule has 8 nitrogen and oxygen atoms in total. The Kier molecular flexibility index (Phi) is 6.62. The highest BCUT2D eigenvalue weighted by molar-refractivity contribution is 7.17. The average Bonchev–Trinajstić information content (AvgIpc) is 3.35. The monoisotopic (exact) mass is 493 g/mol. The van der Waals surface area contributed by atoms with Gasteiger partial charge < -0.3 is 14.7 Å². The van der Waals surface area contributed by atoms with Crippen molar-refractivity contribution in [2.24, 2.45) is 0 Å². The number of aryl methyl sites for hydroxylation is 1. The third-order valence-corrected chi connectivity index (χ3v) is 7.36. The number of thiazole rings is 1. The number of carbonyl (C=O) groups excluding carboxylic acids is 2. The lowest BCUT2D eigenvalue weighted by atomic mass is 9.98. The summed E-state index contributed by atoms with van der Waals surface area (Å²) in [7, 11) is 0. The largest absolute Gasteiger partial charge is 0.480 e. The zero-order valence-corrected chi connectivity index (χ0v) is 20.8. The summed E-state index contributed by atoms with van der Waals surface area (Å²) in [5, 5.41) is 12.3. The molecule has 35 heavy (non-hydrogen) atoms. The van der Waals surface area contributed by atoms with Gasteiger partial charge in [-0.15, -0.1) is 0 Å². The molecule has 182 valence electrons. The van der Waals surface area contributed by atoms with Gasteiger partial charge in [-0.2, -0.15) is 0 Å². The topological polar surface area (TPSA) is 109 Å². The standard InChI is InChI=1S/C26H27N3O5S/c1-5-29(26(3,4)23(31)32)22(30)21-15(2)27-24(35-21)28-25(33)34-14-20-18-12-8-6-10-16(18)17-11-7-9-13-19(17)20/h6-13,20H,5,14H2,1-4H3,(H,31,32)(H,27,28,33). The molecule has 0 saturated carbocycles. The van der Waals surface area contributed by atoms with E-state index in [1.165, 1.54) is 18.7 Å². The Morgan fingerprint density at radius 2 is 1.66 bits per heavy atom. The summed E-state index contributed by atoms with van der Waals surface area (Å²) in [5.74, 6) is -1.62. The predicted molar refractivity (Wildman–Crippen MR) is 134 cm³/mol. The van der Waals surface area contributed by atoms with Crippen LogP contribution in [0, 0.1) is 6.92 Å². The Labute approximate surface area is 207 Å². The molecule has 2 N–H and O–H groups in total. The lowest BCUT2D eigenvalue weighted by Gasteiger charge is -2.33. The summed E-state index contributed by atoms with van der Waals surface area (Å²) in [4.78, 5) is 43.1. The van der Waals surface area contributed by atoms with Crippen LogP contribution in [0.4, 0.5) is 9.93 Å². The van der Waals surface area contributed by atoms with E-state index in [4.69, 9.17) is 4.74 Å². The van der Waals surface area contributed by atoms with Gasteiger partial charge in [0.15, 0.2) is 5.13 Å². The smallest absolute Gasteiger partial charge is 0.413 e. The number of ether oxygens (including phenoxy) is 1. The number of anilines is 1. The molecule has 1 heterocycles. The minimum Gasteiger partial charge on any atom is -0.480 e. The van der Waals surface area contributed by atoms with Crippen molar-refractivity contribution in [3.63, 3.8) is 0 Å². The first-order chi connectivity index (χ1) is 16.6. The summed E-state index contributed by atoms with van der Waals surface area (Å²) in [6, 6.07) is 16.1. The number of hydrogen-bond acceptors (Lipinski definition) is 6. The molecule has 0 atom stereocenters. The van der Waals surface area contributed by atoms with Crippen LogP contribution < -0.4 is 5.32 Å². The zero-order valence-electron chi connectivity index (χ0n) is 20.0. The van der Waals surface area contributed by atoms with E-state index in [9.17, 15) is 19.5 Å². The van der Waals surface area contributed by atoms with Crippen molar-refractivity contribution in [2.75, 3.05) is 18.5 Å². The zero-order chi connectivity index (χ0) is 25.3. The van der Waals surface area contributed by atoms with Gasteiger partial charge in [-0.05, 0) is 49.9 Å². The Balaban J connectivity index is 1.45. The van der Waals surface area contributed by atoms with E-state index in [2.05, 4.69) is 22.4 Å². The molecular weight excluding hydrogens is 466 g/mol. The van der Waals surface area contributed by atoms with Crippen molar-refractivity contribution in [2.45, 2.75) is 39.2 Å². The van der Waals surface area contributed by atoms with E-state index >= 15 is 0 Å². The number of amides is 2. The minimum atomic E-state index is -1.39. The third-order valence-electron chi connectivity index (χ3n) is 6.30. The van der Waals surface area contributed by atoms with Gasteiger partial charge in [-0.1, -0.05) is 59.9 Å². The second-order valence-electron chi connectivity index (χ2n) is 8.80. The molecule has 0 spiro atoms. The molecule has 2 amide bonds. The first-order valence-corrected chi connectivity index (χ1v) is 12.1. The summed E-state index contributed by atoms with van der Waals surface area (Å²) in [6.45, 7) is 6.69. The number of hydrogen-bond donors (Lipinski definition) is 2. The second-order valence-corrected chi connectivity index (χ2v) is 9.80. The fourth-order valence-electron chi connectivity index (χ4n) is 4.40. The lowest BCUT2D eigenvalue weighted by Crippen LogP contribution is -2.52. The van der Waals surface area contributed by atoms with Gasteiger partial charge in [-0.25, -0.2) is 14.6 Å². The predicted octanol–water partition coefficient (Wildman–Crippen LogP) is 5.14. The molecule has 2 aromatic carbocycles. The Hall–Kier alpha value is -3.72. The second kappa shape index (κ2) is 9.50. The summed E-state index contributed by atoms with van der Waals surface area (Å²) < 4.78 is 5.55. The molecule has 0 unspecified atom stereocenters. The number of fused-ring (bicyclic) bond motifs is 3. The SMILES string of the molecule is CCN(C(=O)c1sc(NC(=O)OCC2c3ccccc3-c3ccccc32)nc1C)C(C)(C)C(=O)O. The molecule has 0 saturated heterocycles. The van der Waals surface area contributed by atoms with E-state index in [1.54, 1.807) is 13.8 Å². The number of carboxylic acids is 1. The van der Waals surface area contributed by atoms with Gasteiger partial charge in [0.2, 0.25) is 0 Å². The minimum absolute atomic E-state index is 0.0697. The first-order valence-electron chi connectivity index (χ1n) is 11.3. The Morgan fingerprint density at radius 1 is 1.09 bits per heavy atom. The molecule has 0 radical (unpaired) electrons. The van der Waals surface area contributed by atoms with Crippen LogP contribution in [0.25, 0.3) is 11.1 Å². The average molecular weight is 494 g/mol. The number of benzene rings is 2. The van der Waals surface area contributed by atoms with E-state index in [0.29, 0.717) is 5.69 Å². The molecular formula is C26H27N3O5S. The molecule has 0 bridgehead atoms. The quantitative estimate of drug-likeness (QED) is 0.472. The number of nitrogens with zero attached hydrogens (tertiary/aromatic N) is 2. The summed E-state index contributed by atoms with van der Waals surface area (Å²) in [6.07, 6.45) is -0.669. The van der Waals surface area contributed by atoms with Crippen molar-refractivity contribution in [1.82, 2.24) is 9.88 Å². The normalized spacial score (nSPS) is 12.6. The van der Waals surface area contributed by atoms with E-state index < -0.39 is 23.5 Å². The van der Waals surface area contributed by atoms with Crippen LogP contribution in [0.1, 0.15) is 53.2 Å². The Bertz CT molecular complexity index is 1250. The first kappa shape index (κ1) is 24.4. The van der Waals surface area contributed by atoms with Gasteiger partial charge in [0.05, 0.1) is 5.69 Å². The van der Waals surface area contributed by atoms with Crippen molar-refractivity contribution in [3.8, 4) is 11.1 Å². The number of carbonyl (C=O) groups is 3. The lowest BCUT2D eigenvalue weighted by molar-refractivity contribution is -0.147. The molecule has 9 heteroatoms. The van der Waals surface area contributed by atoms with Crippen molar-refractivity contribution < 1.29 is 24.2 Å². The Morgan fingerprint density at radius 3 is 2.20 bits per heavy atom. The molecule has 0 aliphatic heterocycles. The van der Waals surface area contributed by atoms with Gasteiger partial charge in [0.1, 0.15) is 17.0 Å². The maximum atomic E-state index is 13.1. The third kappa shape index (κ3) is 4.51. The van der Waals surface area contributed by atoms with Crippen LogP contribution >= 0.6 is 11.3 Å². The molecule has 0 fully saturated rings. The molecule has 4 rings (SSSR count). The fourth-order valence-corrected chi connectivity index (χ4v) is 5.30. The van der Waals surface area contributed by atoms with Gasteiger partial charge >= 0.3 is 12.1 Å². The van der Waals surface area contributed by atoms with Crippen LogP contribution in [0.15, 0.2) is 48.5 Å². The van der Waals surface area contributed by atoms with Crippen LogP contribution in [-0.2, 0) is 9.53 Å². The molecule has 1 aromatic heterocycles. The summed E-state index contributed by atoms with van der Waals surface area (Å²) in [5.41, 5.74) is 3.53. The van der Waals surface area contributed by atoms with Gasteiger partial charge in [0.25, 0.3) is 5.91 Å². The maximum absolute atomic E-state index is 13.1. The molecule has 1 aliphatic carbocycles. The number of nitrogens with one attached hydrogen (secondary N) is 1. The molecule has 3 aromatic rings. The van der Waals surface area contributed by atoms with Crippen LogP contribution in [-0.4, -0.2) is 51.7 Å². The number of aromatic nitrogens is 1. The number of carboxylic acid groups (broad SMARTS) is 1. The van der Waals surface area contributed by atoms with Crippen molar-refractivity contribution >= 4 is 34.4 Å². The van der Waals surface area contributed by atoms with Crippen molar-refractivity contribution in [1.29, 1.82) is 0 Å². The maximum Gasteiger partial charge on any atom is 0.413 e. The van der Waals surface area contributed by atoms with Crippen LogP contribution in [0.5, 0.6) is 0 Å². The number of likely N-dealkylation sites (N-methyl/N-ethyl adjacent to an activating group) is 1. The highest BCUT2D eigenvalue weighted by atomic mass is 32.1. The highest BCUT2D eigenvalue weighted by Gasteiger charge is 2.38. The summed E-state index contributed by atoms with van der Waals surface area (Å²) >= 11 is 0.996.